The second-order valence-corrected chi connectivity index (χ2v) is 8.52. The molecular formula is C21H34. The standard InChI is InChI=1S/C21H34/c1-12-13(2)15(4)21(11)17(6)16(5)20(10,14(12)3)18(7)19(21,8)9/h18H,1-11H3/b14-12-,15-13+. The highest BCUT2D eigenvalue weighted by molar-refractivity contribution is 5.53. The van der Waals surface area contributed by atoms with Crippen molar-refractivity contribution in [2.45, 2.75) is 76.2 Å². The normalized spacial score (nSPS) is 46.7. The summed E-state index contributed by atoms with van der Waals surface area (Å²) in [5, 5.41) is 0. The summed E-state index contributed by atoms with van der Waals surface area (Å²) in [5.74, 6) is 0.622. The highest BCUT2D eigenvalue weighted by Gasteiger charge is 2.59. The van der Waals surface area contributed by atoms with E-state index >= 15 is 0 Å². The second kappa shape index (κ2) is 4.37. The van der Waals surface area contributed by atoms with E-state index in [-0.39, 0.29) is 16.2 Å². The van der Waals surface area contributed by atoms with E-state index in [9.17, 15) is 0 Å². The molecule has 0 amide bonds. The molecule has 3 rings (SSSR count). The lowest BCUT2D eigenvalue weighted by Gasteiger charge is -2.62. The van der Waals surface area contributed by atoms with Gasteiger partial charge in [-0.25, -0.2) is 0 Å². The molecule has 3 unspecified atom stereocenters. The van der Waals surface area contributed by atoms with Gasteiger partial charge in [0.25, 0.3) is 0 Å². The van der Waals surface area contributed by atoms with Crippen LogP contribution in [0.2, 0.25) is 0 Å². The van der Waals surface area contributed by atoms with Crippen molar-refractivity contribution in [1.82, 2.24) is 0 Å². The molecule has 2 bridgehead atoms. The van der Waals surface area contributed by atoms with Gasteiger partial charge in [-0.3, -0.25) is 0 Å². The summed E-state index contributed by atoms with van der Waals surface area (Å²) < 4.78 is 0. The average molecular weight is 287 g/mol. The zero-order chi connectivity index (χ0) is 16.5. The highest BCUT2D eigenvalue weighted by atomic mass is 14.6. The fourth-order valence-electron chi connectivity index (χ4n) is 5.42. The minimum Gasteiger partial charge on any atom is -0.0632 e. The molecule has 0 aliphatic heterocycles. The first-order chi connectivity index (χ1) is 9.36. The third-order valence-corrected chi connectivity index (χ3v) is 8.55. The molecule has 21 heavy (non-hydrogen) atoms. The van der Waals surface area contributed by atoms with Crippen LogP contribution in [-0.4, -0.2) is 0 Å². The van der Waals surface area contributed by atoms with Crippen molar-refractivity contribution >= 4 is 0 Å². The molecule has 0 aromatic rings. The summed E-state index contributed by atoms with van der Waals surface area (Å²) in [6.07, 6.45) is 0. The molecule has 0 heteroatoms. The summed E-state index contributed by atoms with van der Waals surface area (Å²) in [7, 11) is 0. The van der Waals surface area contributed by atoms with E-state index in [1.165, 1.54) is 11.1 Å². The van der Waals surface area contributed by atoms with Crippen LogP contribution in [0, 0.1) is 22.2 Å². The van der Waals surface area contributed by atoms with Crippen LogP contribution in [-0.2, 0) is 0 Å². The molecule has 0 radical (unpaired) electrons. The van der Waals surface area contributed by atoms with E-state index in [4.69, 9.17) is 0 Å². The van der Waals surface area contributed by atoms with Crippen molar-refractivity contribution in [2.75, 3.05) is 0 Å². The summed E-state index contributed by atoms with van der Waals surface area (Å²) in [4.78, 5) is 0. The summed E-state index contributed by atoms with van der Waals surface area (Å²) in [6, 6.07) is 0. The van der Waals surface area contributed by atoms with E-state index in [1.54, 1.807) is 22.3 Å². The van der Waals surface area contributed by atoms with Crippen molar-refractivity contribution in [3.63, 3.8) is 0 Å². The van der Waals surface area contributed by atoms with Crippen LogP contribution < -0.4 is 0 Å². The van der Waals surface area contributed by atoms with Gasteiger partial charge in [0.2, 0.25) is 0 Å². The molecule has 0 saturated heterocycles. The summed E-state index contributed by atoms with van der Waals surface area (Å²) in [6.45, 7) is 26.5. The molecule has 0 N–H and O–H groups in total. The van der Waals surface area contributed by atoms with Gasteiger partial charge in [0.15, 0.2) is 0 Å². The van der Waals surface area contributed by atoms with Crippen LogP contribution in [0.15, 0.2) is 33.4 Å². The summed E-state index contributed by atoms with van der Waals surface area (Å²) >= 11 is 0. The summed E-state index contributed by atoms with van der Waals surface area (Å²) in [5.41, 5.74) is 9.92. The molecule has 3 aliphatic rings. The highest BCUT2D eigenvalue weighted by Crippen LogP contribution is 2.68. The molecule has 0 saturated carbocycles. The van der Waals surface area contributed by atoms with Gasteiger partial charge in [-0.1, -0.05) is 56.9 Å². The van der Waals surface area contributed by atoms with E-state index in [2.05, 4.69) is 76.2 Å². The maximum Gasteiger partial charge on any atom is 0.0149 e. The SMILES string of the molecule is CC1=C(C)C2(C)/C(C)=C(C)/C(C)=C(/C)C1(C)C(C)C2(C)C. The Morgan fingerprint density at radius 1 is 0.619 bits per heavy atom. The average Bonchev–Trinajstić information content (AvgIpc) is 2.45. The maximum absolute atomic E-state index is 2.48. The monoisotopic (exact) mass is 286 g/mol. The molecule has 3 atom stereocenters. The molecule has 0 aromatic carbocycles. The van der Waals surface area contributed by atoms with Gasteiger partial charge >= 0.3 is 0 Å². The van der Waals surface area contributed by atoms with Crippen molar-refractivity contribution in [3.05, 3.63) is 33.4 Å². The largest absolute Gasteiger partial charge is 0.0632 e. The number of fused-ring (bicyclic) bond motifs is 2. The van der Waals surface area contributed by atoms with Crippen LogP contribution in [0.5, 0.6) is 0 Å². The van der Waals surface area contributed by atoms with Crippen LogP contribution in [0.3, 0.4) is 0 Å². The number of allylic oxidation sites excluding steroid dienone is 6. The molecule has 3 aliphatic carbocycles. The van der Waals surface area contributed by atoms with Crippen LogP contribution in [0.25, 0.3) is 0 Å². The molecule has 0 aromatic heterocycles. The minimum absolute atomic E-state index is 0.155. The lowest BCUT2D eigenvalue weighted by Crippen LogP contribution is -2.54. The van der Waals surface area contributed by atoms with Gasteiger partial charge in [0, 0.05) is 10.8 Å². The van der Waals surface area contributed by atoms with Gasteiger partial charge in [-0.2, -0.15) is 0 Å². The molecule has 0 spiro atoms. The maximum atomic E-state index is 2.48. The third kappa shape index (κ3) is 1.57. The van der Waals surface area contributed by atoms with Crippen molar-refractivity contribution < 1.29 is 0 Å². The predicted octanol–water partition coefficient (Wildman–Crippen LogP) is 6.70. The lowest BCUT2D eigenvalue weighted by molar-refractivity contribution is 0.0141. The molecule has 0 heterocycles. The van der Waals surface area contributed by atoms with Gasteiger partial charge in [-0.05, 0) is 64.0 Å². The smallest absolute Gasteiger partial charge is 0.0149 e. The quantitative estimate of drug-likeness (QED) is 0.435. The van der Waals surface area contributed by atoms with Crippen molar-refractivity contribution in [1.29, 1.82) is 0 Å². The van der Waals surface area contributed by atoms with Crippen LogP contribution in [0.1, 0.15) is 76.2 Å². The second-order valence-electron chi connectivity index (χ2n) is 8.52. The number of hydrogen-bond donors (Lipinski definition) is 0. The predicted molar refractivity (Wildman–Crippen MR) is 94.3 cm³/mol. The first-order valence-corrected chi connectivity index (χ1v) is 8.40. The minimum atomic E-state index is 0.155. The van der Waals surface area contributed by atoms with Gasteiger partial charge < -0.3 is 0 Å². The van der Waals surface area contributed by atoms with Crippen molar-refractivity contribution in [2.24, 2.45) is 22.2 Å². The van der Waals surface area contributed by atoms with E-state index in [0.29, 0.717) is 5.92 Å². The topological polar surface area (TPSA) is 0 Å². The first-order valence-electron chi connectivity index (χ1n) is 8.40. The Labute approximate surface area is 132 Å². The Kier molecular flexibility index (Phi) is 3.45. The first kappa shape index (κ1) is 16.6. The van der Waals surface area contributed by atoms with E-state index < -0.39 is 0 Å². The van der Waals surface area contributed by atoms with Crippen LogP contribution in [0.4, 0.5) is 0 Å². The van der Waals surface area contributed by atoms with Crippen molar-refractivity contribution in [3.8, 4) is 0 Å². The van der Waals surface area contributed by atoms with Crippen LogP contribution >= 0.6 is 0 Å². The molecule has 0 fully saturated rings. The molecular weight excluding hydrogens is 252 g/mol. The molecule has 0 nitrogen and oxygen atoms in total. The Morgan fingerprint density at radius 2 is 1.05 bits per heavy atom. The Hall–Kier alpha value is -0.780. The van der Waals surface area contributed by atoms with E-state index in [0.717, 1.165) is 0 Å². The number of rotatable bonds is 0. The lowest BCUT2D eigenvalue weighted by atomic mass is 9.41. The van der Waals surface area contributed by atoms with Gasteiger partial charge in [-0.15, -0.1) is 0 Å². The third-order valence-electron chi connectivity index (χ3n) is 8.55. The van der Waals surface area contributed by atoms with Gasteiger partial charge in [0.05, 0.1) is 0 Å². The Morgan fingerprint density at radius 3 is 1.52 bits per heavy atom. The Balaban J connectivity index is 3.09. The fraction of sp³-hybridized carbons (Fsp3) is 0.714. The molecule has 118 valence electrons. The zero-order valence-electron chi connectivity index (χ0n) is 16.1. The number of hydrogen-bond acceptors (Lipinski definition) is 0. The Bertz CT molecular complexity index is 594. The van der Waals surface area contributed by atoms with Gasteiger partial charge in [0.1, 0.15) is 0 Å². The zero-order valence-corrected chi connectivity index (χ0v) is 16.1. The van der Waals surface area contributed by atoms with E-state index in [1.807, 2.05) is 0 Å². The fourth-order valence-corrected chi connectivity index (χ4v) is 5.42.